The Morgan fingerprint density at radius 1 is 1.15 bits per heavy atom. The fraction of sp³-hybridized carbons (Fsp3) is 0.526. The molecule has 0 saturated carbocycles. The zero-order valence-electron chi connectivity index (χ0n) is 16.1. The molecular formula is C19H27N3O4S. The van der Waals surface area contributed by atoms with E-state index in [2.05, 4.69) is 0 Å². The first kappa shape index (κ1) is 19.9. The van der Waals surface area contributed by atoms with Crippen LogP contribution in [0.5, 0.6) is 0 Å². The highest BCUT2D eigenvalue weighted by Gasteiger charge is 2.28. The summed E-state index contributed by atoms with van der Waals surface area (Å²) in [5, 5.41) is 0.981. The van der Waals surface area contributed by atoms with Crippen molar-refractivity contribution in [1.29, 1.82) is 0 Å². The number of carbonyl (C=O) groups excluding carboxylic acids is 1. The summed E-state index contributed by atoms with van der Waals surface area (Å²) in [6.45, 7) is 3.73. The van der Waals surface area contributed by atoms with Crippen molar-refractivity contribution in [3.63, 3.8) is 0 Å². The van der Waals surface area contributed by atoms with Gasteiger partial charge in [0.05, 0.1) is 6.42 Å². The van der Waals surface area contributed by atoms with E-state index in [4.69, 9.17) is 4.42 Å². The number of hydrogen-bond donors (Lipinski definition) is 0. The topological polar surface area (TPSA) is 74.1 Å². The molecule has 0 atom stereocenters. The smallest absolute Gasteiger partial charge is 0.281 e. The van der Waals surface area contributed by atoms with Crippen LogP contribution in [-0.2, 0) is 27.8 Å². The van der Waals surface area contributed by atoms with Gasteiger partial charge in [-0.15, -0.1) is 0 Å². The second-order valence-electron chi connectivity index (χ2n) is 6.95. The van der Waals surface area contributed by atoms with Gasteiger partial charge in [-0.3, -0.25) is 4.79 Å². The minimum atomic E-state index is -3.45. The van der Waals surface area contributed by atoms with Gasteiger partial charge in [0.25, 0.3) is 10.2 Å². The molecular weight excluding hydrogens is 366 g/mol. The number of aryl methyl sites for hydroxylation is 1. The maximum Gasteiger partial charge on any atom is 0.281 e. The molecule has 1 aromatic carbocycles. The molecule has 3 rings (SSSR count). The third kappa shape index (κ3) is 4.02. The van der Waals surface area contributed by atoms with Crippen LogP contribution in [0, 0.1) is 0 Å². The molecule has 27 heavy (non-hydrogen) atoms. The number of carbonyl (C=O) groups is 1. The molecule has 2 aromatic rings. The second-order valence-corrected chi connectivity index (χ2v) is 9.10. The lowest BCUT2D eigenvalue weighted by molar-refractivity contribution is -0.130. The molecule has 148 valence electrons. The second kappa shape index (κ2) is 8.00. The molecule has 1 aromatic heterocycles. The fourth-order valence-electron chi connectivity index (χ4n) is 3.50. The number of fused-ring (bicyclic) bond motifs is 1. The summed E-state index contributed by atoms with van der Waals surface area (Å²) in [6.07, 6.45) is 1.64. The van der Waals surface area contributed by atoms with Crippen LogP contribution in [0.1, 0.15) is 24.7 Å². The first-order valence-corrected chi connectivity index (χ1v) is 10.7. The van der Waals surface area contributed by atoms with Crippen LogP contribution in [0.25, 0.3) is 11.0 Å². The Labute approximate surface area is 160 Å². The van der Waals surface area contributed by atoms with Gasteiger partial charge in [-0.1, -0.05) is 25.1 Å². The molecule has 1 saturated heterocycles. The molecule has 0 radical (unpaired) electrons. The highest BCUT2D eigenvalue weighted by Crippen LogP contribution is 2.27. The van der Waals surface area contributed by atoms with E-state index in [-0.39, 0.29) is 12.3 Å². The molecule has 0 spiro atoms. The predicted octanol–water partition coefficient (Wildman–Crippen LogP) is 1.88. The summed E-state index contributed by atoms with van der Waals surface area (Å²) in [4.78, 5) is 14.7. The summed E-state index contributed by atoms with van der Waals surface area (Å²) in [7, 11) is -0.394. The molecule has 1 fully saturated rings. The third-order valence-corrected chi connectivity index (χ3v) is 6.97. The minimum absolute atomic E-state index is 0.0142. The van der Waals surface area contributed by atoms with Gasteiger partial charge in [0.2, 0.25) is 5.91 Å². The largest absolute Gasteiger partial charge is 0.461 e. The SMILES string of the molecule is CCc1oc2ccccc2c1CC(=O)N1CCCN(S(=O)(=O)N(C)C)CC1. The molecule has 1 amide bonds. The van der Waals surface area contributed by atoms with Crippen molar-refractivity contribution >= 4 is 27.1 Å². The molecule has 1 aliphatic heterocycles. The van der Waals surface area contributed by atoms with Gasteiger partial charge in [-0.05, 0) is 12.5 Å². The van der Waals surface area contributed by atoms with E-state index in [0.29, 0.717) is 32.6 Å². The molecule has 0 unspecified atom stereocenters. The number of hydrogen-bond acceptors (Lipinski definition) is 4. The van der Waals surface area contributed by atoms with Crippen molar-refractivity contribution in [3.05, 3.63) is 35.6 Å². The minimum Gasteiger partial charge on any atom is -0.461 e. The molecule has 1 aliphatic rings. The number of amides is 1. The first-order valence-electron chi connectivity index (χ1n) is 9.29. The fourth-order valence-corrected chi connectivity index (χ4v) is 4.63. The van der Waals surface area contributed by atoms with Crippen molar-refractivity contribution < 1.29 is 17.6 Å². The van der Waals surface area contributed by atoms with Crippen molar-refractivity contribution in [2.24, 2.45) is 0 Å². The first-order chi connectivity index (χ1) is 12.8. The van der Waals surface area contributed by atoms with Crippen LogP contribution in [0.4, 0.5) is 0 Å². The molecule has 2 heterocycles. The highest BCUT2D eigenvalue weighted by atomic mass is 32.2. The number of benzene rings is 1. The summed E-state index contributed by atoms with van der Waals surface area (Å²) >= 11 is 0. The molecule has 7 nitrogen and oxygen atoms in total. The van der Waals surface area contributed by atoms with Gasteiger partial charge in [-0.2, -0.15) is 17.0 Å². The number of furan rings is 1. The van der Waals surface area contributed by atoms with E-state index in [1.165, 1.54) is 22.7 Å². The van der Waals surface area contributed by atoms with Crippen LogP contribution in [0.2, 0.25) is 0 Å². The lowest BCUT2D eigenvalue weighted by Gasteiger charge is -2.24. The van der Waals surface area contributed by atoms with Crippen molar-refractivity contribution in [2.45, 2.75) is 26.2 Å². The quantitative estimate of drug-likeness (QED) is 0.777. The van der Waals surface area contributed by atoms with E-state index >= 15 is 0 Å². The Bertz CT molecular complexity index is 920. The standard InChI is InChI=1S/C19H27N3O4S/c1-4-17-16(15-8-5-6-9-18(15)26-17)14-19(23)21-10-7-11-22(13-12-21)27(24,25)20(2)3/h5-6,8-9H,4,7,10-14H2,1-3H3. The van der Waals surface area contributed by atoms with Crippen molar-refractivity contribution in [1.82, 2.24) is 13.5 Å². The maximum atomic E-state index is 12.9. The van der Waals surface area contributed by atoms with E-state index < -0.39 is 10.2 Å². The van der Waals surface area contributed by atoms with Crippen LogP contribution in [-0.4, -0.2) is 68.1 Å². The number of para-hydroxylation sites is 1. The van der Waals surface area contributed by atoms with Gasteiger partial charge < -0.3 is 9.32 Å². The Hall–Kier alpha value is -1.90. The number of nitrogens with zero attached hydrogens (tertiary/aromatic N) is 3. The van der Waals surface area contributed by atoms with Crippen LogP contribution < -0.4 is 0 Å². The van der Waals surface area contributed by atoms with E-state index in [9.17, 15) is 13.2 Å². The Morgan fingerprint density at radius 3 is 2.59 bits per heavy atom. The Balaban J connectivity index is 1.74. The van der Waals surface area contributed by atoms with E-state index in [1.54, 1.807) is 4.90 Å². The zero-order chi connectivity index (χ0) is 19.6. The summed E-state index contributed by atoms with van der Waals surface area (Å²) in [5.74, 6) is 0.858. The Kier molecular flexibility index (Phi) is 5.88. The van der Waals surface area contributed by atoms with E-state index in [0.717, 1.165) is 28.7 Å². The summed E-state index contributed by atoms with van der Waals surface area (Å²) in [6, 6.07) is 7.76. The average molecular weight is 394 g/mol. The van der Waals surface area contributed by atoms with Crippen LogP contribution >= 0.6 is 0 Å². The molecule has 0 N–H and O–H groups in total. The van der Waals surface area contributed by atoms with Gasteiger partial charge >= 0.3 is 0 Å². The predicted molar refractivity (Wildman–Crippen MR) is 105 cm³/mol. The molecule has 0 bridgehead atoms. The molecule has 8 heteroatoms. The van der Waals surface area contributed by atoms with Crippen molar-refractivity contribution in [3.8, 4) is 0 Å². The van der Waals surface area contributed by atoms with Crippen molar-refractivity contribution in [2.75, 3.05) is 40.3 Å². The zero-order valence-corrected chi connectivity index (χ0v) is 17.0. The highest BCUT2D eigenvalue weighted by molar-refractivity contribution is 7.86. The molecule has 0 aliphatic carbocycles. The maximum absolute atomic E-state index is 12.9. The Morgan fingerprint density at radius 2 is 1.89 bits per heavy atom. The van der Waals surface area contributed by atoms with Gasteiger partial charge in [0.1, 0.15) is 11.3 Å². The van der Waals surface area contributed by atoms with Crippen LogP contribution in [0.15, 0.2) is 28.7 Å². The van der Waals surface area contributed by atoms with Gasteiger partial charge in [0, 0.05) is 57.6 Å². The lowest BCUT2D eigenvalue weighted by atomic mass is 10.1. The van der Waals surface area contributed by atoms with Crippen LogP contribution in [0.3, 0.4) is 0 Å². The monoisotopic (exact) mass is 393 g/mol. The van der Waals surface area contributed by atoms with E-state index in [1.807, 2.05) is 31.2 Å². The normalized spacial score (nSPS) is 16.8. The number of rotatable bonds is 5. The lowest BCUT2D eigenvalue weighted by Crippen LogP contribution is -2.42. The van der Waals surface area contributed by atoms with Gasteiger partial charge in [0.15, 0.2) is 0 Å². The third-order valence-electron chi connectivity index (χ3n) is 5.03. The van der Waals surface area contributed by atoms with Gasteiger partial charge in [-0.25, -0.2) is 0 Å². The summed E-state index contributed by atoms with van der Waals surface area (Å²) in [5.41, 5.74) is 1.75. The average Bonchev–Trinajstić information content (AvgIpc) is 2.82. The summed E-state index contributed by atoms with van der Waals surface area (Å²) < 4.78 is 33.2.